The fourth-order valence-corrected chi connectivity index (χ4v) is 3.33. The van der Waals surface area contributed by atoms with Crippen LogP contribution in [0.25, 0.3) is 0 Å². The van der Waals surface area contributed by atoms with E-state index in [1.54, 1.807) is 12.1 Å². The molecule has 106 valence electrons. The molecule has 2 nitrogen and oxygen atoms in total. The number of benzene rings is 1. The van der Waals surface area contributed by atoms with Crippen molar-refractivity contribution in [1.29, 1.82) is 0 Å². The van der Waals surface area contributed by atoms with E-state index in [1.165, 1.54) is 19.3 Å². The molecule has 0 bridgehead atoms. The van der Waals surface area contributed by atoms with Crippen molar-refractivity contribution >= 4 is 23.2 Å². The van der Waals surface area contributed by atoms with Crippen molar-refractivity contribution in [2.45, 2.75) is 51.7 Å². The van der Waals surface area contributed by atoms with Crippen molar-refractivity contribution in [3.63, 3.8) is 0 Å². The Labute approximate surface area is 124 Å². The Balaban J connectivity index is 2.14. The molecule has 0 aromatic heterocycles. The minimum Gasteiger partial charge on any atom is -0.488 e. The molecular weight excluding hydrogens is 283 g/mol. The lowest BCUT2D eigenvalue weighted by Crippen LogP contribution is -2.25. The highest BCUT2D eigenvalue weighted by Crippen LogP contribution is 2.36. The molecule has 1 aliphatic carbocycles. The van der Waals surface area contributed by atoms with Gasteiger partial charge in [-0.3, -0.25) is 0 Å². The number of halogens is 2. The van der Waals surface area contributed by atoms with Crippen LogP contribution in [0.2, 0.25) is 10.0 Å². The lowest BCUT2D eigenvalue weighted by Gasteiger charge is -2.30. The van der Waals surface area contributed by atoms with Gasteiger partial charge in [0.15, 0.2) is 0 Å². The maximum Gasteiger partial charge on any atom is 0.143 e. The van der Waals surface area contributed by atoms with Crippen molar-refractivity contribution < 1.29 is 9.84 Å². The van der Waals surface area contributed by atoms with E-state index in [2.05, 4.69) is 6.92 Å². The van der Waals surface area contributed by atoms with Crippen LogP contribution in [0, 0.1) is 5.92 Å². The molecule has 1 fully saturated rings. The van der Waals surface area contributed by atoms with Gasteiger partial charge >= 0.3 is 0 Å². The van der Waals surface area contributed by atoms with E-state index in [1.807, 2.05) is 0 Å². The summed E-state index contributed by atoms with van der Waals surface area (Å²) in [4.78, 5) is 0. The SMILES string of the molecule is CCC1CCCC(Oc2c(Cl)cc(Cl)cc2CO)C1. The van der Waals surface area contributed by atoms with Crippen LogP contribution in [0.3, 0.4) is 0 Å². The summed E-state index contributed by atoms with van der Waals surface area (Å²) in [6, 6.07) is 3.38. The van der Waals surface area contributed by atoms with Crippen LogP contribution in [0.15, 0.2) is 12.1 Å². The van der Waals surface area contributed by atoms with Gasteiger partial charge in [0.2, 0.25) is 0 Å². The van der Waals surface area contributed by atoms with Gasteiger partial charge < -0.3 is 9.84 Å². The molecule has 0 radical (unpaired) electrons. The summed E-state index contributed by atoms with van der Waals surface area (Å²) in [5.74, 6) is 1.33. The summed E-state index contributed by atoms with van der Waals surface area (Å²) in [5, 5.41) is 10.4. The second kappa shape index (κ2) is 6.83. The van der Waals surface area contributed by atoms with E-state index in [0.717, 1.165) is 18.8 Å². The Bertz CT molecular complexity index is 434. The molecule has 0 aliphatic heterocycles. The van der Waals surface area contributed by atoms with Crippen molar-refractivity contribution in [1.82, 2.24) is 0 Å². The van der Waals surface area contributed by atoms with E-state index < -0.39 is 0 Å². The van der Waals surface area contributed by atoms with Crippen molar-refractivity contribution in [2.75, 3.05) is 0 Å². The Hall–Kier alpha value is -0.440. The highest BCUT2D eigenvalue weighted by Gasteiger charge is 2.23. The van der Waals surface area contributed by atoms with Gasteiger partial charge in [-0.15, -0.1) is 0 Å². The third-order valence-electron chi connectivity index (χ3n) is 3.85. The molecule has 1 aliphatic rings. The topological polar surface area (TPSA) is 29.5 Å². The minimum absolute atomic E-state index is 0.112. The van der Waals surface area contributed by atoms with Crippen LogP contribution >= 0.6 is 23.2 Å². The van der Waals surface area contributed by atoms with E-state index in [9.17, 15) is 5.11 Å². The predicted octanol–water partition coefficient (Wildman–Crippen LogP) is 4.83. The maximum absolute atomic E-state index is 9.40. The minimum atomic E-state index is -0.112. The quantitative estimate of drug-likeness (QED) is 0.863. The Morgan fingerprint density at radius 1 is 1.32 bits per heavy atom. The van der Waals surface area contributed by atoms with Crippen molar-refractivity contribution in [3.8, 4) is 5.75 Å². The zero-order valence-corrected chi connectivity index (χ0v) is 12.7. The molecule has 19 heavy (non-hydrogen) atoms. The molecule has 1 saturated carbocycles. The summed E-state index contributed by atoms with van der Waals surface area (Å²) in [6.45, 7) is 2.11. The van der Waals surface area contributed by atoms with Crippen LogP contribution in [-0.2, 0) is 6.61 Å². The molecule has 2 unspecified atom stereocenters. The van der Waals surface area contributed by atoms with E-state index >= 15 is 0 Å². The standard InChI is InChI=1S/C15H20Cl2O2/c1-2-10-4-3-5-13(6-10)19-15-11(9-18)7-12(16)8-14(15)17/h7-8,10,13,18H,2-6,9H2,1H3. The summed E-state index contributed by atoms with van der Waals surface area (Å²) in [7, 11) is 0. The van der Waals surface area contributed by atoms with E-state index in [-0.39, 0.29) is 12.7 Å². The normalized spacial score (nSPS) is 23.4. The molecule has 1 N–H and O–H groups in total. The number of hydrogen-bond donors (Lipinski definition) is 1. The fraction of sp³-hybridized carbons (Fsp3) is 0.600. The monoisotopic (exact) mass is 302 g/mol. The summed E-state index contributed by atoms with van der Waals surface area (Å²) in [5.41, 5.74) is 0.663. The third kappa shape index (κ3) is 3.77. The van der Waals surface area contributed by atoms with Crippen LogP contribution in [0.4, 0.5) is 0 Å². The molecule has 0 spiro atoms. The molecular formula is C15H20Cl2O2. The summed E-state index contributed by atoms with van der Waals surface area (Å²) in [6.07, 6.45) is 6.00. The molecule has 1 aromatic rings. The van der Waals surface area contributed by atoms with Gasteiger partial charge in [0, 0.05) is 10.6 Å². The summed E-state index contributed by atoms with van der Waals surface area (Å²) >= 11 is 12.1. The maximum atomic E-state index is 9.40. The van der Waals surface area contributed by atoms with Gasteiger partial charge in [0.05, 0.1) is 17.7 Å². The van der Waals surface area contributed by atoms with Gasteiger partial charge in [0.25, 0.3) is 0 Å². The zero-order chi connectivity index (χ0) is 13.8. The molecule has 0 saturated heterocycles. The first-order valence-corrected chi connectivity index (χ1v) is 7.65. The van der Waals surface area contributed by atoms with Crippen molar-refractivity contribution in [2.24, 2.45) is 5.92 Å². The van der Waals surface area contributed by atoms with Crippen LogP contribution < -0.4 is 4.74 Å². The smallest absolute Gasteiger partial charge is 0.143 e. The predicted molar refractivity (Wildman–Crippen MR) is 79.0 cm³/mol. The highest BCUT2D eigenvalue weighted by molar-refractivity contribution is 6.35. The first kappa shape index (κ1) is 15.0. The molecule has 0 heterocycles. The van der Waals surface area contributed by atoms with Gasteiger partial charge in [-0.2, -0.15) is 0 Å². The first-order chi connectivity index (χ1) is 9.13. The van der Waals surface area contributed by atoms with Gasteiger partial charge in [0.1, 0.15) is 5.75 Å². The average molecular weight is 303 g/mol. The Kier molecular flexibility index (Phi) is 5.37. The Morgan fingerprint density at radius 3 is 2.79 bits per heavy atom. The van der Waals surface area contributed by atoms with E-state index in [0.29, 0.717) is 21.4 Å². The Morgan fingerprint density at radius 2 is 2.11 bits per heavy atom. The number of aliphatic hydroxyl groups excluding tert-OH is 1. The largest absolute Gasteiger partial charge is 0.488 e. The van der Waals surface area contributed by atoms with Gasteiger partial charge in [-0.1, -0.05) is 43.0 Å². The molecule has 4 heteroatoms. The number of hydrogen-bond acceptors (Lipinski definition) is 2. The summed E-state index contributed by atoms with van der Waals surface area (Å²) < 4.78 is 6.04. The molecule has 2 atom stereocenters. The van der Waals surface area contributed by atoms with Gasteiger partial charge in [-0.25, -0.2) is 0 Å². The van der Waals surface area contributed by atoms with E-state index in [4.69, 9.17) is 27.9 Å². The first-order valence-electron chi connectivity index (χ1n) is 6.89. The second-order valence-corrected chi connectivity index (χ2v) is 6.06. The number of ether oxygens (including phenoxy) is 1. The third-order valence-corrected chi connectivity index (χ3v) is 4.35. The highest BCUT2D eigenvalue weighted by atomic mass is 35.5. The molecule has 0 amide bonds. The van der Waals surface area contributed by atoms with Crippen molar-refractivity contribution in [3.05, 3.63) is 27.7 Å². The lowest BCUT2D eigenvalue weighted by molar-refractivity contribution is 0.119. The van der Waals surface area contributed by atoms with Gasteiger partial charge in [-0.05, 0) is 37.3 Å². The van der Waals surface area contributed by atoms with Crippen LogP contribution in [-0.4, -0.2) is 11.2 Å². The molecule has 1 aromatic carbocycles. The number of aliphatic hydroxyl groups is 1. The van der Waals surface area contributed by atoms with Crippen LogP contribution in [0.1, 0.15) is 44.6 Å². The van der Waals surface area contributed by atoms with Crippen LogP contribution in [0.5, 0.6) is 5.75 Å². The average Bonchev–Trinajstić information content (AvgIpc) is 2.41. The number of rotatable bonds is 4. The lowest BCUT2D eigenvalue weighted by atomic mass is 9.85. The second-order valence-electron chi connectivity index (χ2n) is 5.21. The fourth-order valence-electron chi connectivity index (χ4n) is 2.75. The molecule has 2 rings (SSSR count). The zero-order valence-electron chi connectivity index (χ0n) is 11.2.